The fraction of sp³-hybridized carbons (Fsp3) is 0.296. The summed E-state index contributed by atoms with van der Waals surface area (Å²) < 4.78 is 28.3. The lowest BCUT2D eigenvalue weighted by Crippen LogP contribution is -2.19. The Hall–Kier alpha value is -3.12. The van der Waals surface area contributed by atoms with Crippen LogP contribution in [0.15, 0.2) is 71.6 Å². The summed E-state index contributed by atoms with van der Waals surface area (Å²) in [5.74, 6) is 0.113. The van der Waals surface area contributed by atoms with Crippen LogP contribution >= 0.6 is 0 Å². The van der Waals surface area contributed by atoms with E-state index in [1.54, 1.807) is 12.1 Å². The van der Waals surface area contributed by atoms with Gasteiger partial charge in [-0.05, 0) is 79.6 Å². The molecule has 33 heavy (non-hydrogen) atoms. The molecule has 6 heteroatoms. The van der Waals surface area contributed by atoms with Crippen LogP contribution in [0.3, 0.4) is 0 Å². The van der Waals surface area contributed by atoms with E-state index < -0.39 is 10.0 Å². The second-order valence-corrected chi connectivity index (χ2v) is 10.6. The Kier molecular flexibility index (Phi) is 7.59. The summed E-state index contributed by atoms with van der Waals surface area (Å²) in [4.78, 5) is 12.9. The monoisotopic (exact) mass is 464 g/mol. The second kappa shape index (κ2) is 10.2. The molecule has 1 atom stereocenters. The third-order valence-electron chi connectivity index (χ3n) is 5.67. The first-order chi connectivity index (χ1) is 15.6. The highest BCUT2D eigenvalue weighted by Crippen LogP contribution is 2.25. The first kappa shape index (κ1) is 24.5. The minimum Gasteiger partial charge on any atom is -0.326 e. The van der Waals surface area contributed by atoms with Gasteiger partial charge in [-0.25, -0.2) is 8.42 Å². The number of hydrogen-bond acceptors (Lipinski definition) is 3. The maximum absolute atomic E-state index is 12.8. The molecule has 174 valence electrons. The van der Waals surface area contributed by atoms with Crippen molar-refractivity contribution >= 4 is 27.3 Å². The third-order valence-corrected chi connectivity index (χ3v) is 7.03. The maximum Gasteiger partial charge on any atom is 0.261 e. The summed E-state index contributed by atoms with van der Waals surface area (Å²) in [5.41, 5.74) is 5.05. The minimum absolute atomic E-state index is 0.136. The Morgan fingerprint density at radius 1 is 0.848 bits per heavy atom. The highest BCUT2D eigenvalue weighted by atomic mass is 32.2. The maximum atomic E-state index is 12.8. The second-order valence-electron chi connectivity index (χ2n) is 8.95. The summed E-state index contributed by atoms with van der Waals surface area (Å²) in [5, 5.41) is 2.88. The largest absolute Gasteiger partial charge is 0.326 e. The predicted molar refractivity (Wildman–Crippen MR) is 135 cm³/mol. The van der Waals surface area contributed by atoms with Crippen molar-refractivity contribution in [3.8, 4) is 0 Å². The van der Waals surface area contributed by atoms with Gasteiger partial charge in [0.05, 0.1) is 16.5 Å². The molecule has 0 aromatic heterocycles. The number of para-hydroxylation sites is 1. The molecule has 1 unspecified atom stereocenters. The van der Waals surface area contributed by atoms with Gasteiger partial charge in [0.1, 0.15) is 0 Å². The van der Waals surface area contributed by atoms with Crippen molar-refractivity contribution in [1.82, 2.24) is 0 Å². The van der Waals surface area contributed by atoms with Gasteiger partial charge in [-0.1, -0.05) is 56.3 Å². The van der Waals surface area contributed by atoms with E-state index in [0.29, 0.717) is 17.3 Å². The number of rotatable bonds is 8. The molecule has 0 bridgehead atoms. The van der Waals surface area contributed by atoms with Crippen LogP contribution < -0.4 is 10.0 Å². The first-order valence-corrected chi connectivity index (χ1v) is 12.6. The molecule has 0 fully saturated rings. The molecule has 0 spiro atoms. The number of carbonyl (C=O) groups excluding carboxylic acids is 1. The average molecular weight is 465 g/mol. The Bertz CT molecular complexity index is 1190. The van der Waals surface area contributed by atoms with Crippen molar-refractivity contribution < 1.29 is 13.2 Å². The van der Waals surface area contributed by atoms with E-state index in [-0.39, 0.29) is 16.7 Å². The molecule has 0 aliphatic rings. The molecule has 3 aromatic rings. The number of benzene rings is 3. The topological polar surface area (TPSA) is 75.3 Å². The van der Waals surface area contributed by atoms with E-state index in [1.807, 2.05) is 51.1 Å². The quantitative estimate of drug-likeness (QED) is 0.426. The highest BCUT2D eigenvalue weighted by molar-refractivity contribution is 7.92. The molecule has 0 aliphatic carbocycles. The standard InChI is InChI=1S/C27H32N2O3S/c1-18(2)17-22-9-11-23(12-10-22)21(5)27(30)28-24-13-15-25(16-14-24)33(31,32)29-26-19(3)7-6-8-20(26)4/h6-16,18,21,29H,17H2,1-5H3,(H,28,30). The lowest BCUT2D eigenvalue weighted by molar-refractivity contribution is -0.117. The minimum atomic E-state index is -3.74. The van der Waals surface area contributed by atoms with Crippen molar-refractivity contribution in [2.24, 2.45) is 5.92 Å². The molecular formula is C27H32N2O3S. The first-order valence-electron chi connectivity index (χ1n) is 11.2. The summed E-state index contributed by atoms with van der Waals surface area (Å²) >= 11 is 0. The Morgan fingerprint density at radius 2 is 1.42 bits per heavy atom. The van der Waals surface area contributed by atoms with Gasteiger partial charge in [-0.3, -0.25) is 9.52 Å². The van der Waals surface area contributed by atoms with Crippen molar-refractivity contribution in [2.75, 3.05) is 10.0 Å². The van der Waals surface area contributed by atoms with Crippen molar-refractivity contribution in [3.63, 3.8) is 0 Å². The van der Waals surface area contributed by atoms with Crippen molar-refractivity contribution in [3.05, 3.63) is 89.0 Å². The molecule has 5 nitrogen and oxygen atoms in total. The fourth-order valence-electron chi connectivity index (χ4n) is 3.70. The van der Waals surface area contributed by atoms with Crippen molar-refractivity contribution in [2.45, 2.75) is 51.9 Å². The van der Waals surface area contributed by atoms with Gasteiger partial charge >= 0.3 is 0 Å². The molecule has 0 aliphatic heterocycles. The fourth-order valence-corrected chi connectivity index (χ4v) is 4.90. The van der Waals surface area contributed by atoms with Gasteiger partial charge in [-0.2, -0.15) is 0 Å². The van der Waals surface area contributed by atoms with Crippen LogP contribution in [0.25, 0.3) is 0 Å². The third kappa shape index (κ3) is 6.23. The van der Waals surface area contributed by atoms with Crippen molar-refractivity contribution in [1.29, 1.82) is 0 Å². The number of sulfonamides is 1. The number of carbonyl (C=O) groups is 1. The Morgan fingerprint density at radius 3 is 1.97 bits per heavy atom. The Labute approximate surface area is 197 Å². The van der Waals surface area contributed by atoms with Gasteiger partial charge in [0.15, 0.2) is 0 Å². The van der Waals surface area contributed by atoms with E-state index in [0.717, 1.165) is 23.1 Å². The zero-order chi connectivity index (χ0) is 24.2. The molecule has 3 rings (SSSR count). The normalized spacial score (nSPS) is 12.4. The molecule has 0 heterocycles. The summed E-state index contributed by atoms with van der Waals surface area (Å²) in [6.07, 6.45) is 1.01. The van der Waals surface area contributed by atoms with E-state index in [1.165, 1.54) is 17.7 Å². The van der Waals surface area contributed by atoms with Crippen LogP contribution in [0.5, 0.6) is 0 Å². The predicted octanol–water partition coefficient (Wildman–Crippen LogP) is 6.04. The van der Waals surface area contributed by atoms with Crippen LogP contribution in [0.4, 0.5) is 11.4 Å². The van der Waals surface area contributed by atoms with Crippen LogP contribution in [0, 0.1) is 19.8 Å². The summed E-state index contributed by atoms with van der Waals surface area (Å²) in [7, 11) is -3.74. The average Bonchev–Trinajstić information content (AvgIpc) is 2.76. The van der Waals surface area contributed by atoms with E-state index in [9.17, 15) is 13.2 Å². The molecular weight excluding hydrogens is 432 g/mol. The van der Waals surface area contributed by atoms with E-state index >= 15 is 0 Å². The van der Waals surface area contributed by atoms with Gasteiger partial charge < -0.3 is 5.32 Å². The molecule has 3 aromatic carbocycles. The summed E-state index contributed by atoms with van der Waals surface area (Å²) in [6.45, 7) is 9.95. The molecule has 1 amide bonds. The zero-order valence-electron chi connectivity index (χ0n) is 19.8. The zero-order valence-corrected chi connectivity index (χ0v) is 20.7. The van der Waals surface area contributed by atoms with Gasteiger partial charge in [0, 0.05) is 5.69 Å². The number of aryl methyl sites for hydroxylation is 2. The smallest absolute Gasteiger partial charge is 0.261 e. The van der Waals surface area contributed by atoms with E-state index in [4.69, 9.17) is 0 Å². The van der Waals surface area contributed by atoms with Crippen LogP contribution in [-0.2, 0) is 21.2 Å². The molecule has 2 N–H and O–H groups in total. The SMILES string of the molecule is Cc1cccc(C)c1NS(=O)(=O)c1ccc(NC(=O)C(C)c2ccc(CC(C)C)cc2)cc1. The van der Waals surface area contributed by atoms with Crippen LogP contribution in [-0.4, -0.2) is 14.3 Å². The van der Waals surface area contributed by atoms with Gasteiger partial charge in [0.25, 0.3) is 10.0 Å². The highest BCUT2D eigenvalue weighted by Gasteiger charge is 2.18. The Balaban J connectivity index is 1.67. The lowest BCUT2D eigenvalue weighted by Gasteiger charge is -2.15. The summed E-state index contributed by atoms with van der Waals surface area (Å²) in [6, 6.07) is 20.0. The lowest BCUT2D eigenvalue weighted by atomic mass is 9.96. The number of hydrogen-bond donors (Lipinski definition) is 2. The number of amides is 1. The van der Waals surface area contributed by atoms with E-state index in [2.05, 4.69) is 36.0 Å². The molecule has 0 saturated carbocycles. The van der Waals surface area contributed by atoms with Crippen LogP contribution in [0.2, 0.25) is 0 Å². The van der Waals surface area contributed by atoms with Gasteiger partial charge in [-0.15, -0.1) is 0 Å². The number of anilines is 2. The molecule has 0 radical (unpaired) electrons. The molecule has 0 saturated heterocycles. The number of nitrogens with one attached hydrogen (secondary N) is 2. The van der Waals surface area contributed by atoms with Crippen LogP contribution in [0.1, 0.15) is 48.9 Å². The van der Waals surface area contributed by atoms with Gasteiger partial charge in [0.2, 0.25) is 5.91 Å².